The molecule has 0 saturated carbocycles. The first-order valence-electron chi connectivity index (χ1n) is 9.25. The second kappa shape index (κ2) is 6.37. The van der Waals surface area contributed by atoms with Crippen LogP contribution < -0.4 is 0 Å². The molecule has 1 N–H and O–H groups in total. The number of piperidine rings is 3. The summed E-state index contributed by atoms with van der Waals surface area (Å²) >= 11 is 0. The molecule has 6 rings (SSSR count). The minimum atomic E-state index is 0.0480. The van der Waals surface area contributed by atoms with Gasteiger partial charge in [0.1, 0.15) is 11.5 Å². The highest BCUT2D eigenvalue weighted by Gasteiger charge is 2.35. The van der Waals surface area contributed by atoms with Gasteiger partial charge in [-0.15, -0.1) is 5.10 Å². The molecule has 3 saturated heterocycles. The van der Waals surface area contributed by atoms with E-state index >= 15 is 0 Å². The Hall–Kier alpha value is -2.44. The zero-order valence-corrected chi connectivity index (χ0v) is 14.6. The monoisotopic (exact) mass is 350 g/mol. The van der Waals surface area contributed by atoms with Gasteiger partial charge in [0.15, 0.2) is 5.76 Å². The van der Waals surface area contributed by atoms with Gasteiger partial charge in [-0.05, 0) is 49.5 Å². The van der Waals surface area contributed by atoms with E-state index in [1.165, 1.54) is 25.9 Å². The molecule has 2 bridgehead atoms. The number of hydrogen-bond acceptors (Lipinski definition) is 5. The summed E-state index contributed by atoms with van der Waals surface area (Å²) in [6.07, 6.45) is 4.53. The number of aliphatic hydroxyl groups excluding tert-OH is 1. The average molecular weight is 350 g/mol. The first kappa shape index (κ1) is 15.8. The Morgan fingerprint density at radius 1 is 1.04 bits per heavy atom. The molecule has 3 aromatic rings. The largest absolute Gasteiger partial charge is 0.454 e. The summed E-state index contributed by atoms with van der Waals surface area (Å²) in [4.78, 5) is 2.52. The highest BCUT2D eigenvalue weighted by molar-refractivity contribution is 5.62. The van der Waals surface area contributed by atoms with E-state index < -0.39 is 0 Å². The number of hydrogen-bond donors (Lipinski definition) is 1. The van der Waals surface area contributed by atoms with E-state index in [2.05, 4.69) is 15.2 Å². The third kappa shape index (κ3) is 2.75. The summed E-state index contributed by atoms with van der Waals surface area (Å²) in [6, 6.07) is 12.1. The van der Waals surface area contributed by atoms with E-state index in [0.29, 0.717) is 12.0 Å². The molecule has 26 heavy (non-hydrogen) atoms. The Labute approximate surface area is 152 Å². The third-order valence-corrected chi connectivity index (χ3v) is 5.75. The maximum Gasteiger partial charge on any atom is 0.156 e. The van der Waals surface area contributed by atoms with E-state index in [1.54, 1.807) is 0 Å². The lowest BCUT2D eigenvalue weighted by Gasteiger charge is -2.44. The summed E-state index contributed by atoms with van der Waals surface area (Å²) in [6.45, 7) is 3.57. The smallest absolute Gasteiger partial charge is 0.156 e. The molecule has 0 spiro atoms. The third-order valence-electron chi connectivity index (χ3n) is 5.75. The molecule has 1 aromatic carbocycles. The lowest BCUT2D eigenvalue weighted by atomic mass is 9.84. The summed E-state index contributed by atoms with van der Waals surface area (Å²) in [5, 5.41) is 17.9. The van der Waals surface area contributed by atoms with Crippen LogP contribution in [0.3, 0.4) is 0 Å². The van der Waals surface area contributed by atoms with Crippen LogP contribution >= 0.6 is 0 Å². The van der Waals surface area contributed by atoms with Crippen molar-refractivity contribution in [2.45, 2.75) is 25.5 Å². The standard InChI is InChI=1S/C20H22N4O2/c25-13-14-1-3-16(4-2-14)19-5-6-20(26-19)17-11-24(22-21-17)18-12-23-9-7-15(18)8-10-23/h1-6,11,15,18,25H,7-10,12-13H2. The highest BCUT2D eigenvalue weighted by Crippen LogP contribution is 2.36. The van der Waals surface area contributed by atoms with E-state index in [9.17, 15) is 0 Å². The molecule has 3 fully saturated rings. The number of aromatic nitrogens is 3. The van der Waals surface area contributed by atoms with Crippen LogP contribution in [-0.2, 0) is 6.61 Å². The van der Waals surface area contributed by atoms with Crippen molar-refractivity contribution < 1.29 is 9.52 Å². The van der Waals surface area contributed by atoms with Crippen molar-refractivity contribution in [1.82, 2.24) is 19.9 Å². The van der Waals surface area contributed by atoms with Gasteiger partial charge in [0.2, 0.25) is 0 Å². The van der Waals surface area contributed by atoms with Crippen molar-refractivity contribution in [3.05, 3.63) is 48.2 Å². The lowest BCUT2D eigenvalue weighted by molar-refractivity contribution is 0.0504. The van der Waals surface area contributed by atoms with Gasteiger partial charge in [-0.1, -0.05) is 29.5 Å². The van der Waals surface area contributed by atoms with Crippen LogP contribution in [0.15, 0.2) is 47.0 Å². The van der Waals surface area contributed by atoms with Crippen LogP contribution in [0.25, 0.3) is 22.8 Å². The van der Waals surface area contributed by atoms with Crippen molar-refractivity contribution in [2.75, 3.05) is 19.6 Å². The van der Waals surface area contributed by atoms with E-state index in [-0.39, 0.29) is 6.61 Å². The number of fused-ring (bicyclic) bond motifs is 3. The molecule has 3 aliphatic heterocycles. The van der Waals surface area contributed by atoms with Crippen molar-refractivity contribution in [2.24, 2.45) is 5.92 Å². The maximum atomic E-state index is 9.16. The van der Waals surface area contributed by atoms with Crippen LogP contribution in [-0.4, -0.2) is 44.6 Å². The van der Waals surface area contributed by atoms with Crippen LogP contribution in [0.5, 0.6) is 0 Å². The van der Waals surface area contributed by atoms with Crippen molar-refractivity contribution in [1.29, 1.82) is 0 Å². The summed E-state index contributed by atoms with van der Waals surface area (Å²) in [7, 11) is 0. The van der Waals surface area contributed by atoms with Gasteiger partial charge in [-0.3, -0.25) is 0 Å². The van der Waals surface area contributed by atoms with E-state index in [1.807, 2.05) is 47.3 Å². The van der Waals surface area contributed by atoms with Crippen LogP contribution in [0, 0.1) is 5.92 Å². The normalized spacial score (nSPS) is 24.9. The quantitative estimate of drug-likeness (QED) is 0.783. The number of furan rings is 1. The molecular formula is C20H22N4O2. The SMILES string of the molecule is OCc1ccc(-c2ccc(-c3cn(C4CN5CCC4CC5)nn3)o2)cc1. The first-order chi connectivity index (χ1) is 12.8. The summed E-state index contributed by atoms with van der Waals surface area (Å²) in [5.74, 6) is 2.24. The minimum absolute atomic E-state index is 0.0480. The van der Waals surface area contributed by atoms with E-state index in [0.717, 1.165) is 34.9 Å². The molecular weight excluding hydrogens is 328 g/mol. The Morgan fingerprint density at radius 2 is 1.81 bits per heavy atom. The molecule has 1 unspecified atom stereocenters. The minimum Gasteiger partial charge on any atom is -0.454 e. The van der Waals surface area contributed by atoms with Crippen molar-refractivity contribution in [3.8, 4) is 22.8 Å². The number of nitrogens with zero attached hydrogens (tertiary/aromatic N) is 4. The maximum absolute atomic E-state index is 9.16. The Balaban J connectivity index is 1.37. The van der Waals surface area contributed by atoms with Crippen LogP contribution in [0.4, 0.5) is 0 Å². The first-order valence-corrected chi connectivity index (χ1v) is 9.25. The van der Waals surface area contributed by atoms with E-state index in [4.69, 9.17) is 9.52 Å². The topological polar surface area (TPSA) is 67.3 Å². The van der Waals surface area contributed by atoms with Gasteiger partial charge < -0.3 is 14.4 Å². The molecule has 1 atom stereocenters. The summed E-state index contributed by atoms with van der Waals surface area (Å²) < 4.78 is 8.03. The van der Waals surface area contributed by atoms with Crippen LogP contribution in [0.2, 0.25) is 0 Å². The molecule has 0 aliphatic carbocycles. The fourth-order valence-corrected chi connectivity index (χ4v) is 4.19. The Morgan fingerprint density at radius 3 is 2.50 bits per heavy atom. The van der Waals surface area contributed by atoms with Gasteiger partial charge in [-0.25, -0.2) is 4.68 Å². The Kier molecular flexibility index (Phi) is 3.87. The fraction of sp³-hybridized carbons (Fsp3) is 0.400. The average Bonchev–Trinajstić information content (AvgIpc) is 3.38. The molecule has 5 heterocycles. The number of rotatable bonds is 4. The highest BCUT2D eigenvalue weighted by atomic mass is 16.3. The lowest BCUT2D eigenvalue weighted by Crippen LogP contribution is -2.48. The number of aliphatic hydroxyl groups is 1. The zero-order valence-electron chi connectivity index (χ0n) is 14.6. The Bertz CT molecular complexity index is 891. The second-order valence-corrected chi connectivity index (χ2v) is 7.31. The fourth-order valence-electron chi connectivity index (χ4n) is 4.19. The van der Waals surface area contributed by atoms with Gasteiger partial charge in [0.05, 0.1) is 18.8 Å². The van der Waals surface area contributed by atoms with Crippen LogP contribution in [0.1, 0.15) is 24.4 Å². The van der Waals surface area contributed by atoms with Crippen molar-refractivity contribution >= 4 is 0 Å². The number of benzene rings is 1. The predicted molar refractivity (Wildman–Crippen MR) is 97.3 cm³/mol. The zero-order chi connectivity index (χ0) is 17.5. The summed E-state index contributed by atoms with van der Waals surface area (Å²) in [5.41, 5.74) is 2.65. The van der Waals surface area contributed by atoms with Gasteiger partial charge in [0, 0.05) is 12.1 Å². The molecule has 6 nitrogen and oxygen atoms in total. The molecule has 6 heteroatoms. The van der Waals surface area contributed by atoms with Gasteiger partial charge in [-0.2, -0.15) is 0 Å². The molecule has 0 amide bonds. The van der Waals surface area contributed by atoms with Gasteiger partial charge >= 0.3 is 0 Å². The van der Waals surface area contributed by atoms with Crippen molar-refractivity contribution in [3.63, 3.8) is 0 Å². The van der Waals surface area contributed by atoms with Gasteiger partial charge in [0.25, 0.3) is 0 Å². The molecule has 134 valence electrons. The molecule has 2 aromatic heterocycles. The molecule has 0 radical (unpaired) electrons. The predicted octanol–water partition coefficient (Wildman–Crippen LogP) is 2.96. The second-order valence-electron chi connectivity index (χ2n) is 7.31. The molecule has 3 aliphatic rings.